The van der Waals surface area contributed by atoms with Crippen LogP contribution in [0.5, 0.6) is 17.2 Å². The van der Waals surface area contributed by atoms with Crippen molar-refractivity contribution in [2.45, 2.75) is 0 Å². The predicted molar refractivity (Wildman–Crippen MR) is 79.4 cm³/mol. The summed E-state index contributed by atoms with van der Waals surface area (Å²) in [4.78, 5) is 10.5. The Morgan fingerprint density at radius 1 is 1.14 bits per heavy atom. The van der Waals surface area contributed by atoms with Gasteiger partial charge < -0.3 is 14.2 Å². The molecule has 1 aliphatic rings. The van der Waals surface area contributed by atoms with Crippen molar-refractivity contribution in [2.24, 2.45) is 5.92 Å². The zero-order chi connectivity index (χ0) is 15.4. The fourth-order valence-electron chi connectivity index (χ4n) is 2.01. The highest BCUT2D eigenvalue weighted by Crippen LogP contribution is 2.35. The van der Waals surface area contributed by atoms with Crippen LogP contribution in [-0.4, -0.2) is 24.7 Å². The highest BCUT2D eigenvalue weighted by molar-refractivity contribution is 5.50. The van der Waals surface area contributed by atoms with E-state index in [1.807, 2.05) is 30.3 Å². The Morgan fingerprint density at radius 2 is 1.91 bits per heavy atom. The van der Waals surface area contributed by atoms with Crippen LogP contribution in [0.15, 0.2) is 48.5 Å². The minimum Gasteiger partial charge on any atom is -0.489 e. The summed E-state index contributed by atoms with van der Waals surface area (Å²) in [5.74, 6) is 1.79. The van der Waals surface area contributed by atoms with E-state index in [-0.39, 0.29) is 5.69 Å². The number of hydrogen-bond donors (Lipinski definition) is 0. The van der Waals surface area contributed by atoms with Gasteiger partial charge in [-0.3, -0.25) is 10.1 Å². The summed E-state index contributed by atoms with van der Waals surface area (Å²) < 4.78 is 16.5. The number of nitro groups is 1. The second kappa shape index (κ2) is 6.44. The van der Waals surface area contributed by atoms with E-state index in [4.69, 9.17) is 14.2 Å². The molecule has 6 heteroatoms. The summed E-state index contributed by atoms with van der Waals surface area (Å²) in [6.45, 7) is 1.76. The molecular formula is C16H15NO5. The van der Waals surface area contributed by atoms with Crippen LogP contribution in [0, 0.1) is 16.0 Å². The van der Waals surface area contributed by atoms with Gasteiger partial charge in [0.05, 0.1) is 30.8 Å². The molecule has 2 aromatic rings. The third-order valence-electron chi connectivity index (χ3n) is 3.29. The number of non-ortho nitro benzene ring substituents is 1. The molecular weight excluding hydrogens is 286 g/mol. The molecule has 3 rings (SSSR count). The number of nitro benzene ring substituents is 1. The first-order valence-corrected chi connectivity index (χ1v) is 6.94. The van der Waals surface area contributed by atoms with Gasteiger partial charge in [-0.1, -0.05) is 18.2 Å². The number of hydrogen-bond acceptors (Lipinski definition) is 5. The molecule has 0 saturated carbocycles. The van der Waals surface area contributed by atoms with E-state index in [0.717, 1.165) is 0 Å². The van der Waals surface area contributed by atoms with Crippen molar-refractivity contribution in [3.8, 4) is 17.2 Å². The Balaban J connectivity index is 1.81. The summed E-state index contributed by atoms with van der Waals surface area (Å²) in [6.07, 6.45) is 0. The average molecular weight is 301 g/mol. The van der Waals surface area contributed by atoms with Gasteiger partial charge in [-0.25, -0.2) is 0 Å². The van der Waals surface area contributed by atoms with Crippen LogP contribution in [0.1, 0.15) is 0 Å². The van der Waals surface area contributed by atoms with E-state index >= 15 is 0 Å². The normalized spacial score (nSPS) is 14.2. The SMILES string of the molecule is O=[N+]([O-])c1ccc(Oc2ccccc2)c(OCC2COC2)c1. The Bertz CT molecular complexity index is 655. The van der Waals surface area contributed by atoms with Gasteiger partial charge >= 0.3 is 0 Å². The molecule has 6 nitrogen and oxygen atoms in total. The molecule has 2 aromatic carbocycles. The second-order valence-electron chi connectivity index (χ2n) is 5.02. The van der Waals surface area contributed by atoms with Crippen LogP contribution in [0.4, 0.5) is 5.69 Å². The largest absolute Gasteiger partial charge is 0.489 e. The summed E-state index contributed by atoms with van der Waals surface area (Å²) in [7, 11) is 0. The molecule has 1 aliphatic heterocycles. The van der Waals surface area contributed by atoms with Crippen molar-refractivity contribution in [3.63, 3.8) is 0 Å². The second-order valence-corrected chi connectivity index (χ2v) is 5.02. The van der Waals surface area contributed by atoms with E-state index in [1.54, 1.807) is 6.07 Å². The molecule has 1 saturated heterocycles. The molecule has 0 amide bonds. The van der Waals surface area contributed by atoms with Gasteiger partial charge in [0.2, 0.25) is 0 Å². The summed E-state index contributed by atoms with van der Waals surface area (Å²) >= 11 is 0. The Kier molecular flexibility index (Phi) is 4.20. The van der Waals surface area contributed by atoms with Crippen molar-refractivity contribution in [1.82, 2.24) is 0 Å². The first kappa shape index (κ1) is 14.3. The van der Waals surface area contributed by atoms with Crippen molar-refractivity contribution in [1.29, 1.82) is 0 Å². The van der Waals surface area contributed by atoms with Gasteiger partial charge in [-0.2, -0.15) is 0 Å². The topological polar surface area (TPSA) is 70.8 Å². The van der Waals surface area contributed by atoms with Gasteiger partial charge in [-0.15, -0.1) is 0 Å². The number of ether oxygens (including phenoxy) is 3. The van der Waals surface area contributed by atoms with E-state index in [0.29, 0.717) is 43.0 Å². The lowest BCUT2D eigenvalue weighted by molar-refractivity contribution is -0.385. The third kappa shape index (κ3) is 3.35. The minimum absolute atomic E-state index is 0.0275. The van der Waals surface area contributed by atoms with E-state index in [9.17, 15) is 10.1 Å². The highest BCUT2D eigenvalue weighted by Gasteiger charge is 2.21. The molecule has 0 atom stereocenters. The maximum absolute atomic E-state index is 10.9. The zero-order valence-corrected chi connectivity index (χ0v) is 11.8. The maximum Gasteiger partial charge on any atom is 0.273 e. The van der Waals surface area contributed by atoms with Crippen LogP contribution in [0.25, 0.3) is 0 Å². The molecule has 1 heterocycles. The quantitative estimate of drug-likeness (QED) is 0.604. The lowest BCUT2D eigenvalue weighted by Crippen LogP contribution is -2.32. The lowest BCUT2D eigenvalue weighted by atomic mass is 10.1. The molecule has 0 unspecified atom stereocenters. The molecule has 0 N–H and O–H groups in total. The van der Waals surface area contributed by atoms with E-state index in [2.05, 4.69) is 0 Å². The van der Waals surface area contributed by atoms with Crippen LogP contribution in [0.2, 0.25) is 0 Å². The highest BCUT2D eigenvalue weighted by atomic mass is 16.6. The van der Waals surface area contributed by atoms with Gasteiger partial charge in [0.25, 0.3) is 5.69 Å². The summed E-state index contributed by atoms with van der Waals surface area (Å²) in [5.41, 5.74) is -0.0275. The lowest BCUT2D eigenvalue weighted by Gasteiger charge is -2.26. The van der Waals surface area contributed by atoms with Gasteiger partial charge in [0.15, 0.2) is 11.5 Å². The van der Waals surface area contributed by atoms with Crippen molar-refractivity contribution < 1.29 is 19.1 Å². The molecule has 0 spiro atoms. The van der Waals surface area contributed by atoms with Crippen LogP contribution < -0.4 is 9.47 Å². The fourth-order valence-corrected chi connectivity index (χ4v) is 2.01. The van der Waals surface area contributed by atoms with Gasteiger partial charge in [0, 0.05) is 12.0 Å². The number of para-hydroxylation sites is 1. The van der Waals surface area contributed by atoms with Gasteiger partial charge in [-0.05, 0) is 18.2 Å². The van der Waals surface area contributed by atoms with Crippen molar-refractivity contribution in [3.05, 3.63) is 58.6 Å². The van der Waals surface area contributed by atoms with Crippen molar-refractivity contribution in [2.75, 3.05) is 19.8 Å². The van der Waals surface area contributed by atoms with E-state index < -0.39 is 4.92 Å². The van der Waals surface area contributed by atoms with Crippen molar-refractivity contribution >= 4 is 5.69 Å². The number of rotatable bonds is 6. The minimum atomic E-state index is -0.453. The maximum atomic E-state index is 10.9. The Hall–Kier alpha value is -2.60. The summed E-state index contributed by atoms with van der Waals surface area (Å²) in [5, 5.41) is 10.9. The smallest absolute Gasteiger partial charge is 0.273 e. The fraction of sp³-hybridized carbons (Fsp3) is 0.250. The monoisotopic (exact) mass is 301 g/mol. The molecule has 0 radical (unpaired) electrons. The van der Waals surface area contributed by atoms with Crippen LogP contribution >= 0.6 is 0 Å². The number of benzene rings is 2. The standard InChI is InChI=1S/C16H15NO5/c18-17(19)13-6-7-15(22-14-4-2-1-3-5-14)16(8-13)21-11-12-9-20-10-12/h1-8,12H,9-11H2. The third-order valence-corrected chi connectivity index (χ3v) is 3.29. The summed E-state index contributed by atoms with van der Waals surface area (Å²) in [6, 6.07) is 13.6. The Morgan fingerprint density at radius 3 is 2.55 bits per heavy atom. The molecule has 22 heavy (non-hydrogen) atoms. The predicted octanol–water partition coefficient (Wildman–Crippen LogP) is 3.41. The Labute approximate surface area is 127 Å². The molecule has 114 valence electrons. The molecule has 0 aliphatic carbocycles. The molecule has 0 aromatic heterocycles. The number of nitrogens with zero attached hydrogens (tertiary/aromatic N) is 1. The van der Waals surface area contributed by atoms with Crippen LogP contribution in [0.3, 0.4) is 0 Å². The first-order chi connectivity index (χ1) is 10.7. The average Bonchev–Trinajstić information content (AvgIpc) is 2.48. The van der Waals surface area contributed by atoms with E-state index in [1.165, 1.54) is 12.1 Å². The molecule has 0 bridgehead atoms. The molecule has 1 fully saturated rings. The zero-order valence-electron chi connectivity index (χ0n) is 11.8. The van der Waals surface area contributed by atoms with Gasteiger partial charge in [0.1, 0.15) is 5.75 Å². The van der Waals surface area contributed by atoms with Crippen LogP contribution in [-0.2, 0) is 4.74 Å². The first-order valence-electron chi connectivity index (χ1n) is 6.94.